The fraction of sp³-hybridized carbons (Fsp3) is 0.478. The standard InChI is InChI=1S/C23H32N2O2/c1-4-5-6-9-15-24-23(27)21(16-17(2)3)25-22(26)20-14-10-12-18-11-7-8-13-19(18)20/h7-8,10-14,17,21H,4-6,9,15-16H2,1-3H3,(H,24,27)(H,25,26)/t21-/m0/s1. The Morgan fingerprint density at radius 1 is 0.963 bits per heavy atom. The van der Waals surface area contributed by atoms with Gasteiger partial charge >= 0.3 is 0 Å². The van der Waals surface area contributed by atoms with E-state index in [1.165, 1.54) is 12.8 Å². The minimum Gasteiger partial charge on any atom is -0.354 e. The third-order valence-corrected chi connectivity index (χ3v) is 4.69. The Hall–Kier alpha value is -2.36. The van der Waals surface area contributed by atoms with Gasteiger partial charge in [-0.1, -0.05) is 76.4 Å². The van der Waals surface area contributed by atoms with Crippen LogP contribution in [0.15, 0.2) is 42.5 Å². The van der Waals surface area contributed by atoms with Crippen LogP contribution in [-0.4, -0.2) is 24.4 Å². The summed E-state index contributed by atoms with van der Waals surface area (Å²) in [7, 11) is 0. The van der Waals surface area contributed by atoms with E-state index in [2.05, 4.69) is 31.4 Å². The highest BCUT2D eigenvalue weighted by atomic mass is 16.2. The van der Waals surface area contributed by atoms with Gasteiger partial charge in [-0.05, 0) is 35.6 Å². The monoisotopic (exact) mass is 368 g/mol. The van der Waals surface area contributed by atoms with Gasteiger partial charge in [0.2, 0.25) is 5.91 Å². The predicted molar refractivity (Wildman–Crippen MR) is 112 cm³/mol. The van der Waals surface area contributed by atoms with Gasteiger partial charge in [-0.15, -0.1) is 0 Å². The van der Waals surface area contributed by atoms with Gasteiger partial charge in [0.1, 0.15) is 6.04 Å². The number of hydrogen-bond acceptors (Lipinski definition) is 2. The van der Waals surface area contributed by atoms with Crippen molar-refractivity contribution < 1.29 is 9.59 Å². The van der Waals surface area contributed by atoms with Crippen LogP contribution in [0.3, 0.4) is 0 Å². The summed E-state index contributed by atoms with van der Waals surface area (Å²) in [4.78, 5) is 25.5. The van der Waals surface area contributed by atoms with E-state index in [9.17, 15) is 9.59 Å². The van der Waals surface area contributed by atoms with Crippen LogP contribution in [0.4, 0.5) is 0 Å². The topological polar surface area (TPSA) is 58.2 Å². The predicted octanol–water partition coefficient (Wildman–Crippen LogP) is 4.68. The molecule has 0 heterocycles. The minimum absolute atomic E-state index is 0.0891. The zero-order chi connectivity index (χ0) is 19.6. The maximum absolute atomic E-state index is 12.9. The van der Waals surface area contributed by atoms with E-state index in [0.717, 1.165) is 23.6 Å². The van der Waals surface area contributed by atoms with Gasteiger partial charge in [0.05, 0.1) is 0 Å². The first kappa shape index (κ1) is 20.9. The van der Waals surface area contributed by atoms with E-state index in [0.29, 0.717) is 24.4 Å². The minimum atomic E-state index is -0.511. The van der Waals surface area contributed by atoms with Gasteiger partial charge in [0, 0.05) is 12.1 Å². The second-order valence-electron chi connectivity index (χ2n) is 7.53. The van der Waals surface area contributed by atoms with E-state index in [1.807, 2.05) is 42.5 Å². The van der Waals surface area contributed by atoms with Crippen LogP contribution in [0.2, 0.25) is 0 Å². The van der Waals surface area contributed by atoms with Gasteiger partial charge < -0.3 is 10.6 Å². The normalized spacial score (nSPS) is 12.1. The molecule has 2 aromatic rings. The lowest BCUT2D eigenvalue weighted by atomic mass is 10.0. The Balaban J connectivity index is 2.05. The molecule has 0 aromatic heterocycles. The molecule has 0 aliphatic carbocycles. The van der Waals surface area contributed by atoms with Crippen molar-refractivity contribution >= 4 is 22.6 Å². The molecule has 0 unspecified atom stereocenters. The van der Waals surface area contributed by atoms with Gasteiger partial charge in [-0.25, -0.2) is 0 Å². The zero-order valence-corrected chi connectivity index (χ0v) is 16.8. The van der Waals surface area contributed by atoms with E-state index in [1.54, 1.807) is 0 Å². The maximum Gasteiger partial charge on any atom is 0.252 e. The summed E-state index contributed by atoms with van der Waals surface area (Å²) in [5, 5.41) is 7.87. The molecule has 0 radical (unpaired) electrons. The van der Waals surface area contributed by atoms with Crippen molar-refractivity contribution in [3.05, 3.63) is 48.0 Å². The lowest BCUT2D eigenvalue weighted by Crippen LogP contribution is -2.47. The van der Waals surface area contributed by atoms with E-state index in [-0.39, 0.29) is 11.8 Å². The van der Waals surface area contributed by atoms with Crippen molar-refractivity contribution in [1.82, 2.24) is 10.6 Å². The number of carbonyl (C=O) groups excluding carboxylic acids is 2. The second kappa shape index (κ2) is 10.7. The van der Waals surface area contributed by atoms with Crippen LogP contribution in [0.5, 0.6) is 0 Å². The van der Waals surface area contributed by atoms with E-state index in [4.69, 9.17) is 0 Å². The lowest BCUT2D eigenvalue weighted by molar-refractivity contribution is -0.123. The molecule has 0 fully saturated rings. The molecule has 146 valence electrons. The average molecular weight is 369 g/mol. The first-order valence-corrected chi connectivity index (χ1v) is 10.1. The Labute approximate surface area is 162 Å². The fourth-order valence-electron chi connectivity index (χ4n) is 3.25. The molecule has 4 nitrogen and oxygen atoms in total. The number of nitrogens with one attached hydrogen (secondary N) is 2. The fourth-order valence-corrected chi connectivity index (χ4v) is 3.25. The van der Waals surface area contributed by atoms with Crippen LogP contribution in [0, 0.1) is 5.92 Å². The van der Waals surface area contributed by atoms with E-state index >= 15 is 0 Å². The molecule has 0 bridgehead atoms. The Bertz CT molecular complexity index is 750. The van der Waals surface area contributed by atoms with Crippen molar-refractivity contribution in [3.8, 4) is 0 Å². The SMILES string of the molecule is CCCCCCNC(=O)[C@H](CC(C)C)NC(=O)c1cccc2ccccc12. The van der Waals surface area contributed by atoms with Crippen molar-refractivity contribution in [2.24, 2.45) is 5.92 Å². The third-order valence-electron chi connectivity index (χ3n) is 4.69. The highest BCUT2D eigenvalue weighted by Gasteiger charge is 2.23. The highest BCUT2D eigenvalue weighted by Crippen LogP contribution is 2.19. The Morgan fingerprint density at radius 3 is 2.44 bits per heavy atom. The molecule has 2 rings (SSSR count). The molecular weight excluding hydrogens is 336 g/mol. The van der Waals surface area contributed by atoms with Crippen LogP contribution in [-0.2, 0) is 4.79 Å². The number of hydrogen-bond donors (Lipinski definition) is 2. The van der Waals surface area contributed by atoms with Gasteiger partial charge in [-0.3, -0.25) is 9.59 Å². The average Bonchev–Trinajstić information content (AvgIpc) is 2.66. The molecule has 2 aromatic carbocycles. The summed E-state index contributed by atoms with van der Waals surface area (Å²) in [5.41, 5.74) is 0.609. The summed E-state index contributed by atoms with van der Waals surface area (Å²) in [6.45, 7) is 6.95. The number of amides is 2. The Kier molecular flexibility index (Phi) is 8.31. The quantitative estimate of drug-likeness (QED) is 0.598. The van der Waals surface area contributed by atoms with Crippen LogP contribution < -0.4 is 10.6 Å². The van der Waals surface area contributed by atoms with Crippen LogP contribution in [0.25, 0.3) is 10.8 Å². The summed E-state index contributed by atoms with van der Waals surface area (Å²) in [5.74, 6) is 0.0287. The zero-order valence-electron chi connectivity index (χ0n) is 16.8. The molecule has 0 spiro atoms. The molecule has 2 amide bonds. The molecule has 1 atom stereocenters. The molecular formula is C23H32N2O2. The summed E-state index contributed by atoms with van der Waals surface area (Å²) < 4.78 is 0. The number of fused-ring (bicyclic) bond motifs is 1. The van der Waals surface area contributed by atoms with Gasteiger partial charge in [0.15, 0.2) is 0 Å². The number of unbranched alkanes of at least 4 members (excludes halogenated alkanes) is 3. The molecule has 2 N–H and O–H groups in total. The number of benzene rings is 2. The van der Waals surface area contributed by atoms with Crippen molar-refractivity contribution in [2.75, 3.05) is 6.54 Å². The largest absolute Gasteiger partial charge is 0.354 e. The summed E-state index contributed by atoms with van der Waals surface area (Å²) in [6.07, 6.45) is 5.07. The smallest absolute Gasteiger partial charge is 0.252 e. The van der Waals surface area contributed by atoms with Crippen molar-refractivity contribution in [1.29, 1.82) is 0 Å². The molecule has 0 saturated carbocycles. The van der Waals surface area contributed by atoms with Crippen molar-refractivity contribution in [3.63, 3.8) is 0 Å². The third kappa shape index (κ3) is 6.38. The first-order chi connectivity index (χ1) is 13.0. The number of carbonyl (C=O) groups is 2. The Morgan fingerprint density at radius 2 is 1.70 bits per heavy atom. The molecule has 27 heavy (non-hydrogen) atoms. The second-order valence-corrected chi connectivity index (χ2v) is 7.53. The van der Waals surface area contributed by atoms with Gasteiger partial charge in [-0.2, -0.15) is 0 Å². The summed E-state index contributed by atoms with van der Waals surface area (Å²) in [6, 6.07) is 13.0. The van der Waals surface area contributed by atoms with E-state index < -0.39 is 6.04 Å². The molecule has 0 saturated heterocycles. The molecule has 4 heteroatoms. The molecule has 0 aliphatic heterocycles. The highest BCUT2D eigenvalue weighted by molar-refractivity contribution is 6.08. The van der Waals surface area contributed by atoms with Crippen LogP contribution in [0.1, 0.15) is 63.2 Å². The van der Waals surface area contributed by atoms with Gasteiger partial charge in [0.25, 0.3) is 5.91 Å². The molecule has 0 aliphatic rings. The first-order valence-electron chi connectivity index (χ1n) is 10.1. The summed E-state index contributed by atoms with van der Waals surface area (Å²) >= 11 is 0. The number of rotatable bonds is 10. The van der Waals surface area contributed by atoms with Crippen molar-refractivity contribution in [2.45, 2.75) is 58.9 Å². The van der Waals surface area contributed by atoms with Crippen LogP contribution >= 0.6 is 0 Å². The lowest BCUT2D eigenvalue weighted by Gasteiger charge is -2.20. The maximum atomic E-state index is 12.9.